The summed E-state index contributed by atoms with van der Waals surface area (Å²) < 4.78 is 14.5. The Hall–Kier alpha value is -1.75. The van der Waals surface area contributed by atoms with E-state index >= 15 is 0 Å². The van der Waals surface area contributed by atoms with Crippen LogP contribution in [0.2, 0.25) is 0 Å². The van der Waals surface area contributed by atoms with Gasteiger partial charge in [-0.2, -0.15) is 0 Å². The maximum Gasteiger partial charge on any atom is 0.123 e. The topological polar surface area (TPSA) is 38.0 Å². The minimum atomic E-state index is -0.215. The summed E-state index contributed by atoms with van der Waals surface area (Å²) >= 11 is 1.70. The van der Waals surface area contributed by atoms with Gasteiger partial charge >= 0.3 is 0 Å². The summed E-state index contributed by atoms with van der Waals surface area (Å²) in [6, 6.07) is 14.9. The average molecular weight is 286 g/mol. The molecule has 0 radical (unpaired) electrons. The van der Waals surface area contributed by atoms with E-state index in [9.17, 15) is 4.39 Å². The summed E-state index contributed by atoms with van der Waals surface area (Å²) in [6.07, 6.45) is 0.658. The van der Waals surface area contributed by atoms with Gasteiger partial charge < -0.3 is 0 Å². The van der Waals surface area contributed by atoms with Crippen molar-refractivity contribution in [3.8, 4) is 0 Å². The van der Waals surface area contributed by atoms with Gasteiger partial charge in [-0.05, 0) is 46.5 Å². The Labute approximate surface area is 121 Å². The van der Waals surface area contributed by atoms with Crippen LogP contribution in [0.1, 0.15) is 17.2 Å². The first kappa shape index (κ1) is 13.2. The number of hydrogen-bond donors (Lipinski definition) is 2. The third-order valence-corrected chi connectivity index (χ3v) is 4.39. The molecule has 0 saturated heterocycles. The molecule has 3 rings (SSSR count). The van der Waals surface area contributed by atoms with Crippen LogP contribution in [-0.2, 0) is 6.42 Å². The number of halogens is 1. The maximum absolute atomic E-state index is 13.3. The number of nitrogens with two attached hydrogens (primary N) is 1. The van der Waals surface area contributed by atoms with Crippen molar-refractivity contribution < 1.29 is 4.39 Å². The lowest BCUT2D eigenvalue weighted by Gasteiger charge is -2.17. The highest BCUT2D eigenvalue weighted by atomic mass is 32.1. The molecule has 4 heteroatoms. The molecule has 2 aromatic carbocycles. The van der Waals surface area contributed by atoms with Crippen LogP contribution in [0, 0.1) is 5.82 Å². The largest absolute Gasteiger partial charge is 0.271 e. The molecule has 3 aromatic rings. The third kappa shape index (κ3) is 2.58. The zero-order valence-electron chi connectivity index (χ0n) is 10.8. The smallest absolute Gasteiger partial charge is 0.123 e. The molecular weight excluding hydrogens is 271 g/mol. The van der Waals surface area contributed by atoms with E-state index in [0.717, 1.165) is 11.1 Å². The van der Waals surface area contributed by atoms with Crippen LogP contribution in [0.25, 0.3) is 10.1 Å². The van der Waals surface area contributed by atoms with Crippen molar-refractivity contribution >= 4 is 21.4 Å². The number of benzene rings is 2. The molecule has 20 heavy (non-hydrogen) atoms. The van der Waals surface area contributed by atoms with Gasteiger partial charge in [0.15, 0.2) is 0 Å². The Bertz CT molecular complexity index is 723. The van der Waals surface area contributed by atoms with Crippen LogP contribution in [0.4, 0.5) is 4.39 Å². The van der Waals surface area contributed by atoms with Crippen LogP contribution in [0.5, 0.6) is 0 Å². The van der Waals surface area contributed by atoms with Gasteiger partial charge in [-0.3, -0.25) is 11.3 Å². The monoisotopic (exact) mass is 286 g/mol. The molecule has 0 aliphatic heterocycles. The van der Waals surface area contributed by atoms with E-state index < -0.39 is 0 Å². The van der Waals surface area contributed by atoms with Gasteiger partial charge in [0.1, 0.15) is 5.82 Å². The van der Waals surface area contributed by atoms with E-state index in [1.54, 1.807) is 23.5 Å². The number of rotatable bonds is 4. The van der Waals surface area contributed by atoms with E-state index in [2.05, 4.69) is 29.0 Å². The Morgan fingerprint density at radius 3 is 2.80 bits per heavy atom. The molecule has 0 aliphatic carbocycles. The Morgan fingerprint density at radius 1 is 1.15 bits per heavy atom. The van der Waals surface area contributed by atoms with Crippen molar-refractivity contribution in [3.05, 3.63) is 70.9 Å². The van der Waals surface area contributed by atoms with Gasteiger partial charge in [0, 0.05) is 4.70 Å². The lowest BCUT2D eigenvalue weighted by Crippen LogP contribution is -2.29. The molecule has 1 aromatic heterocycles. The van der Waals surface area contributed by atoms with Crippen LogP contribution in [0.3, 0.4) is 0 Å². The van der Waals surface area contributed by atoms with Crippen molar-refractivity contribution in [2.24, 2.45) is 5.84 Å². The lowest BCUT2D eigenvalue weighted by molar-refractivity contribution is 0.552. The van der Waals surface area contributed by atoms with Crippen LogP contribution < -0.4 is 11.3 Å². The van der Waals surface area contributed by atoms with E-state index in [1.807, 2.05) is 12.1 Å². The summed E-state index contributed by atoms with van der Waals surface area (Å²) in [5.41, 5.74) is 4.94. The van der Waals surface area contributed by atoms with Crippen molar-refractivity contribution in [2.45, 2.75) is 12.5 Å². The van der Waals surface area contributed by atoms with Crippen LogP contribution in [0.15, 0.2) is 53.9 Å². The van der Waals surface area contributed by atoms with Crippen molar-refractivity contribution in [3.63, 3.8) is 0 Å². The highest BCUT2D eigenvalue weighted by Crippen LogP contribution is 2.30. The number of hydrogen-bond acceptors (Lipinski definition) is 3. The maximum atomic E-state index is 13.3. The van der Waals surface area contributed by atoms with Gasteiger partial charge in [0.2, 0.25) is 0 Å². The van der Waals surface area contributed by atoms with Gasteiger partial charge in [-0.15, -0.1) is 11.3 Å². The lowest BCUT2D eigenvalue weighted by atomic mass is 9.98. The van der Waals surface area contributed by atoms with Crippen molar-refractivity contribution in [2.75, 3.05) is 0 Å². The molecule has 0 amide bonds. The molecule has 1 heterocycles. The zero-order chi connectivity index (χ0) is 13.9. The van der Waals surface area contributed by atoms with Crippen molar-refractivity contribution in [1.82, 2.24) is 5.43 Å². The average Bonchev–Trinajstić information content (AvgIpc) is 2.93. The van der Waals surface area contributed by atoms with Gasteiger partial charge in [0.25, 0.3) is 0 Å². The summed E-state index contributed by atoms with van der Waals surface area (Å²) in [5, 5.41) is 3.29. The molecule has 0 aliphatic rings. The molecule has 2 nitrogen and oxygen atoms in total. The molecule has 1 unspecified atom stereocenters. The second kappa shape index (κ2) is 5.71. The minimum absolute atomic E-state index is 0.0286. The summed E-state index contributed by atoms with van der Waals surface area (Å²) in [6.45, 7) is 0. The van der Waals surface area contributed by atoms with E-state index in [-0.39, 0.29) is 11.9 Å². The molecule has 0 spiro atoms. The second-order valence-electron chi connectivity index (χ2n) is 4.74. The molecular formula is C16H15FN2S. The van der Waals surface area contributed by atoms with Gasteiger partial charge in [0.05, 0.1) is 6.04 Å². The summed E-state index contributed by atoms with van der Waals surface area (Å²) in [4.78, 5) is 0. The van der Waals surface area contributed by atoms with Crippen LogP contribution in [-0.4, -0.2) is 0 Å². The quantitative estimate of drug-likeness (QED) is 0.565. The Balaban J connectivity index is 1.95. The summed E-state index contributed by atoms with van der Waals surface area (Å²) in [5.74, 6) is 5.50. The minimum Gasteiger partial charge on any atom is -0.271 e. The first-order valence-corrected chi connectivity index (χ1v) is 7.32. The fourth-order valence-corrected chi connectivity index (χ4v) is 3.42. The standard InChI is InChI=1S/C16H15FN2S/c17-13-5-1-3-11(9-13)10-15(19-18)14-6-2-4-12-7-8-20-16(12)14/h1-9,15,19H,10,18H2. The normalized spacial score (nSPS) is 12.7. The number of nitrogens with one attached hydrogen (secondary N) is 1. The molecule has 102 valence electrons. The Kier molecular flexibility index (Phi) is 3.78. The molecule has 1 atom stereocenters. The predicted molar refractivity (Wildman–Crippen MR) is 82.0 cm³/mol. The SMILES string of the molecule is NNC(Cc1cccc(F)c1)c1cccc2ccsc12. The first-order chi connectivity index (χ1) is 9.78. The number of hydrazine groups is 1. The zero-order valence-corrected chi connectivity index (χ0v) is 11.7. The van der Waals surface area contributed by atoms with E-state index in [0.29, 0.717) is 6.42 Å². The Morgan fingerprint density at radius 2 is 2.00 bits per heavy atom. The van der Waals surface area contributed by atoms with Gasteiger partial charge in [-0.25, -0.2) is 4.39 Å². The van der Waals surface area contributed by atoms with Gasteiger partial charge in [-0.1, -0.05) is 30.3 Å². The van der Waals surface area contributed by atoms with E-state index in [4.69, 9.17) is 5.84 Å². The molecule has 3 N–H and O–H groups in total. The van der Waals surface area contributed by atoms with Crippen LogP contribution >= 0.6 is 11.3 Å². The molecule has 0 fully saturated rings. The van der Waals surface area contributed by atoms with E-state index in [1.165, 1.54) is 16.2 Å². The number of fused-ring (bicyclic) bond motifs is 1. The second-order valence-corrected chi connectivity index (χ2v) is 5.66. The summed E-state index contributed by atoms with van der Waals surface area (Å²) in [7, 11) is 0. The fourth-order valence-electron chi connectivity index (χ4n) is 2.45. The molecule has 0 bridgehead atoms. The highest BCUT2D eigenvalue weighted by Gasteiger charge is 2.14. The number of thiophene rings is 1. The highest BCUT2D eigenvalue weighted by molar-refractivity contribution is 7.17. The van der Waals surface area contributed by atoms with Crippen molar-refractivity contribution in [1.29, 1.82) is 0 Å². The predicted octanol–water partition coefficient (Wildman–Crippen LogP) is 3.79. The fraction of sp³-hybridized carbons (Fsp3) is 0.125. The molecule has 0 saturated carbocycles. The third-order valence-electron chi connectivity index (χ3n) is 3.41. The first-order valence-electron chi connectivity index (χ1n) is 6.44.